The van der Waals surface area contributed by atoms with Crippen LogP contribution < -0.4 is 5.32 Å². The van der Waals surface area contributed by atoms with Crippen molar-refractivity contribution in [1.82, 2.24) is 5.32 Å². The van der Waals surface area contributed by atoms with Crippen LogP contribution >= 0.6 is 27.5 Å². The first-order chi connectivity index (χ1) is 8.32. The second-order valence-corrected chi connectivity index (χ2v) is 5.90. The largest absolute Gasteiger partial charge is 0.480 e. The molecule has 1 aromatic carbocycles. The van der Waals surface area contributed by atoms with Gasteiger partial charge in [-0.2, -0.15) is 0 Å². The molecule has 2 N–H and O–H groups in total. The van der Waals surface area contributed by atoms with Crippen molar-refractivity contribution in [2.75, 3.05) is 0 Å². The molecule has 1 atom stereocenters. The summed E-state index contributed by atoms with van der Waals surface area (Å²) in [4.78, 5) is 11.1. The number of benzene rings is 1. The fourth-order valence-electron chi connectivity index (χ4n) is 1.65. The van der Waals surface area contributed by atoms with Crippen LogP contribution in [-0.4, -0.2) is 17.1 Å². The zero-order valence-corrected chi connectivity index (χ0v) is 13.0. The van der Waals surface area contributed by atoms with Gasteiger partial charge in [-0.05, 0) is 36.1 Å². The molecule has 0 aliphatic carbocycles. The molecule has 0 aliphatic heterocycles. The molecule has 0 heterocycles. The summed E-state index contributed by atoms with van der Waals surface area (Å²) in [5.74, 6) is -0.804. The number of halogens is 2. The van der Waals surface area contributed by atoms with E-state index in [1.54, 1.807) is 0 Å². The number of aliphatic carboxylic acids is 1. The Morgan fingerprint density at radius 1 is 1.50 bits per heavy atom. The number of hydrogen-bond acceptors (Lipinski definition) is 2. The Labute approximate surface area is 121 Å². The maximum absolute atomic E-state index is 11.1. The lowest BCUT2D eigenvalue weighted by Gasteiger charge is -2.18. The van der Waals surface area contributed by atoms with E-state index in [0.717, 1.165) is 15.6 Å². The number of carbonyl (C=O) groups is 1. The number of carboxylic acid groups (broad SMARTS) is 1. The van der Waals surface area contributed by atoms with Gasteiger partial charge in [-0.25, -0.2) is 0 Å². The van der Waals surface area contributed by atoms with Gasteiger partial charge < -0.3 is 10.4 Å². The second kappa shape index (κ2) is 6.55. The summed E-state index contributed by atoms with van der Waals surface area (Å²) in [6.07, 6.45) is 0. The molecule has 1 aromatic rings. The standard InChI is InChI=1S/C13H17BrClNO2/c1-7(2)12(13(17)18)16-6-9-5-11(15)8(3)4-10(9)14/h4-5,7,12,16H,6H2,1-3H3,(H,17,18)/t12-/m1/s1. The summed E-state index contributed by atoms with van der Waals surface area (Å²) in [6.45, 7) is 6.15. The van der Waals surface area contributed by atoms with Gasteiger partial charge in [0.2, 0.25) is 0 Å². The van der Waals surface area contributed by atoms with Crippen molar-refractivity contribution in [3.05, 3.63) is 32.8 Å². The summed E-state index contributed by atoms with van der Waals surface area (Å²) < 4.78 is 0.935. The smallest absolute Gasteiger partial charge is 0.320 e. The van der Waals surface area contributed by atoms with Crippen LogP contribution in [0.4, 0.5) is 0 Å². The summed E-state index contributed by atoms with van der Waals surface area (Å²) in [5.41, 5.74) is 1.95. The van der Waals surface area contributed by atoms with Crippen molar-refractivity contribution in [3.63, 3.8) is 0 Å². The van der Waals surface area contributed by atoms with Crippen LogP contribution in [0.1, 0.15) is 25.0 Å². The summed E-state index contributed by atoms with van der Waals surface area (Å²) in [7, 11) is 0. The predicted molar refractivity (Wildman–Crippen MR) is 77.0 cm³/mol. The number of nitrogens with one attached hydrogen (secondary N) is 1. The minimum Gasteiger partial charge on any atom is -0.480 e. The number of rotatable bonds is 5. The van der Waals surface area contributed by atoms with Gasteiger partial charge >= 0.3 is 5.97 Å². The molecule has 0 fully saturated rings. The van der Waals surface area contributed by atoms with E-state index in [-0.39, 0.29) is 5.92 Å². The predicted octanol–water partition coefficient (Wildman–Crippen LogP) is 3.61. The molecule has 0 spiro atoms. The van der Waals surface area contributed by atoms with Crippen molar-refractivity contribution < 1.29 is 9.90 Å². The Morgan fingerprint density at radius 3 is 2.61 bits per heavy atom. The maximum atomic E-state index is 11.1. The lowest BCUT2D eigenvalue weighted by molar-refractivity contribution is -0.140. The van der Waals surface area contributed by atoms with E-state index in [9.17, 15) is 4.79 Å². The molecular formula is C13H17BrClNO2. The minimum atomic E-state index is -0.834. The molecule has 18 heavy (non-hydrogen) atoms. The van der Waals surface area contributed by atoms with E-state index in [1.807, 2.05) is 32.9 Å². The topological polar surface area (TPSA) is 49.3 Å². The van der Waals surface area contributed by atoms with E-state index < -0.39 is 12.0 Å². The van der Waals surface area contributed by atoms with Crippen molar-refractivity contribution >= 4 is 33.5 Å². The van der Waals surface area contributed by atoms with Gasteiger partial charge in [-0.1, -0.05) is 41.4 Å². The zero-order valence-electron chi connectivity index (χ0n) is 10.6. The molecule has 0 bridgehead atoms. The third-order valence-electron chi connectivity index (χ3n) is 2.77. The second-order valence-electron chi connectivity index (χ2n) is 4.63. The Kier molecular flexibility index (Phi) is 5.63. The van der Waals surface area contributed by atoms with Crippen LogP contribution in [0.25, 0.3) is 0 Å². The normalized spacial score (nSPS) is 12.8. The highest BCUT2D eigenvalue weighted by molar-refractivity contribution is 9.10. The molecule has 0 saturated heterocycles. The lowest BCUT2D eigenvalue weighted by Crippen LogP contribution is -2.40. The Morgan fingerprint density at radius 2 is 2.11 bits per heavy atom. The van der Waals surface area contributed by atoms with E-state index in [1.165, 1.54) is 0 Å². The van der Waals surface area contributed by atoms with Gasteiger partial charge in [0.25, 0.3) is 0 Å². The number of aryl methyl sites for hydroxylation is 1. The van der Waals surface area contributed by atoms with Crippen molar-refractivity contribution in [3.8, 4) is 0 Å². The van der Waals surface area contributed by atoms with Crippen molar-refractivity contribution in [1.29, 1.82) is 0 Å². The molecule has 100 valence electrons. The molecule has 5 heteroatoms. The fraction of sp³-hybridized carbons (Fsp3) is 0.462. The average molecular weight is 335 g/mol. The lowest BCUT2D eigenvalue weighted by atomic mass is 10.0. The third kappa shape index (κ3) is 3.97. The minimum absolute atomic E-state index is 0.0298. The quantitative estimate of drug-likeness (QED) is 0.865. The fourth-order valence-corrected chi connectivity index (χ4v) is 2.44. The maximum Gasteiger partial charge on any atom is 0.320 e. The van der Waals surface area contributed by atoms with Gasteiger partial charge in [0, 0.05) is 16.0 Å². The molecule has 3 nitrogen and oxygen atoms in total. The third-order valence-corrected chi connectivity index (χ3v) is 3.92. The highest BCUT2D eigenvalue weighted by atomic mass is 79.9. The van der Waals surface area contributed by atoms with E-state index in [4.69, 9.17) is 16.7 Å². The van der Waals surface area contributed by atoms with Crippen molar-refractivity contribution in [2.24, 2.45) is 5.92 Å². The number of carboxylic acids is 1. The molecule has 1 rings (SSSR count). The molecule has 0 aliphatic rings. The first-order valence-corrected chi connectivity index (χ1v) is 6.90. The van der Waals surface area contributed by atoms with Crippen LogP contribution in [-0.2, 0) is 11.3 Å². The van der Waals surface area contributed by atoms with Crippen LogP contribution in [0.2, 0.25) is 5.02 Å². The Balaban J connectivity index is 2.79. The molecule has 0 radical (unpaired) electrons. The summed E-state index contributed by atoms with van der Waals surface area (Å²) in [6, 6.07) is 3.23. The van der Waals surface area contributed by atoms with Gasteiger partial charge in [0.05, 0.1) is 0 Å². The van der Waals surface area contributed by atoms with Crippen LogP contribution in [0.3, 0.4) is 0 Å². The van der Waals surface area contributed by atoms with Crippen molar-refractivity contribution in [2.45, 2.75) is 33.4 Å². The van der Waals surface area contributed by atoms with Gasteiger partial charge in [0.1, 0.15) is 6.04 Å². The Bertz CT molecular complexity index is 449. The summed E-state index contributed by atoms with van der Waals surface area (Å²) in [5, 5.41) is 12.8. The monoisotopic (exact) mass is 333 g/mol. The van der Waals surface area contributed by atoms with Gasteiger partial charge in [-0.3, -0.25) is 4.79 Å². The van der Waals surface area contributed by atoms with Gasteiger partial charge in [-0.15, -0.1) is 0 Å². The first kappa shape index (κ1) is 15.5. The van der Waals surface area contributed by atoms with E-state index >= 15 is 0 Å². The van der Waals surface area contributed by atoms with E-state index in [0.29, 0.717) is 11.6 Å². The zero-order chi connectivity index (χ0) is 13.9. The van der Waals surface area contributed by atoms with Crippen LogP contribution in [0.5, 0.6) is 0 Å². The highest BCUT2D eigenvalue weighted by Crippen LogP contribution is 2.25. The van der Waals surface area contributed by atoms with Crippen LogP contribution in [0.15, 0.2) is 16.6 Å². The first-order valence-electron chi connectivity index (χ1n) is 5.73. The number of hydrogen-bond donors (Lipinski definition) is 2. The molecule has 0 amide bonds. The van der Waals surface area contributed by atoms with E-state index in [2.05, 4.69) is 21.2 Å². The SMILES string of the molecule is Cc1cc(Br)c(CN[C@@H](C(=O)O)C(C)C)cc1Cl. The Hall–Kier alpha value is -0.580. The summed E-state index contributed by atoms with van der Waals surface area (Å²) >= 11 is 9.52. The highest BCUT2D eigenvalue weighted by Gasteiger charge is 2.20. The molecular weight excluding hydrogens is 318 g/mol. The average Bonchev–Trinajstić information content (AvgIpc) is 2.24. The van der Waals surface area contributed by atoms with Gasteiger partial charge in [0.15, 0.2) is 0 Å². The molecule has 0 saturated carbocycles. The van der Waals surface area contributed by atoms with Crippen LogP contribution in [0, 0.1) is 12.8 Å². The molecule has 0 unspecified atom stereocenters. The molecule has 0 aromatic heterocycles.